The molecule has 0 aliphatic carbocycles. The van der Waals surface area contributed by atoms with Crippen LogP contribution in [0.25, 0.3) is 5.69 Å². The molecule has 1 fully saturated rings. The van der Waals surface area contributed by atoms with Crippen LogP contribution < -0.4 is 10.6 Å². The molecule has 0 spiro atoms. The van der Waals surface area contributed by atoms with Crippen molar-refractivity contribution >= 4 is 35.1 Å². The molecule has 2 aromatic heterocycles. The molecule has 4 rings (SSSR count). The van der Waals surface area contributed by atoms with Crippen molar-refractivity contribution in [2.75, 3.05) is 30.3 Å². The number of benzene rings is 1. The second kappa shape index (κ2) is 10.1. The molecule has 3 heterocycles. The Hall–Kier alpha value is -3.30. The van der Waals surface area contributed by atoms with E-state index in [-0.39, 0.29) is 30.1 Å². The molecule has 172 valence electrons. The zero-order chi connectivity index (χ0) is 23.4. The molecule has 1 unspecified atom stereocenters. The average molecular weight is 471 g/mol. The fraction of sp³-hybridized carbons (Fsp3) is 0.304. The number of nitrogens with zero attached hydrogens (tertiary/aromatic N) is 4. The van der Waals surface area contributed by atoms with Gasteiger partial charge in [-0.05, 0) is 62.7 Å². The summed E-state index contributed by atoms with van der Waals surface area (Å²) in [4.78, 5) is 31.5. The summed E-state index contributed by atoms with van der Waals surface area (Å²) >= 11 is 5.83. The fourth-order valence-corrected chi connectivity index (χ4v) is 3.96. The molecule has 10 heteroatoms. The van der Waals surface area contributed by atoms with Crippen LogP contribution in [0, 0.1) is 18.7 Å². The van der Waals surface area contributed by atoms with E-state index in [2.05, 4.69) is 20.7 Å². The largest absolute Gasteiger partial charge is 0.310 e. The molecule has 2 amide bonds. The molecule has 33 heavy (non-hydrogen) atoms. The third-order valence-corrected chi connectivity index (χ3v) is 5.62. The van der Waals surface area contributed by atoms with Crippen LogP contribution in [0.4, 0.5) is 16.0 Å². The molecular weight excluding hydrogens is 447 g/mol. The van der Waals surface area contributed by atoms with Gasteiger partial charge in [0.1, 0.15) is 17.5 Å². The molecule has 1 aliphatic rings. The number of halogens is 2. The molecule has 0 radical (unpaired) electrons. The highest BCUT2D eigenvalue weighted by molar-refractivity contribution is 6.30. The Kier molecular flexibility index (Phi) is 7.00. The molecule has 0 bridgehead atoms. The van der Waals surface area contributed by atoms with Gasteiger partial charge in [-0.3, -0.25) is 14.5 Å². The van der Waals surface area contributed by atoms with E-state index in [4.69, 9.17) is 11.6 Å². The van der Waals surface area contributed by atoms with E-state index in [1.807, 2.05) is 11.8 Å². The van der Waals surface area contributed by atoms with Gasteiger partial charge in [0.15, 0.2) is 0 Å². The van der Waals surface area contributed by atoms with Crippen LogP contribution >= 0.6 is 11.6 Å². The van der Waals surface area contributed by atoms with Gasteiger partial charge in [-0.25, -0.2) is 14.1 Å². The zero-order valence-corrected chi connectivity index (χ0v) is 18.8. The van der Waals surface area contributed by atoms with Crippen molar-refractivity contribution < 1.29 is 14.0 Å². The quantitative estimate of drug-likeness (QED) is 0.573. The number of rotatable bonds is 6. The maximum absolute atomic E-state index is 13.3. The number of nitrogens with one attached hydrogen (secondary N) is 2. The van der Waals surface area contributed by atoms with E-state index in [9.17, 15) is 14.0 Å². The number of carbonyl (C=O) groups excluding carboxylic acids is 2. The second-order valence-electron chi connectivity index (χ2n) is 8.03. The minimum Gasteiger partial charge on any atom is -0.310 e. The predicted molar refractivity (Wildman–Crippen MR) is 124 cm³/mol. The summed E-state index contributed by atoms with van der Waals surface area (Å²) in [5.41, 5.74) is 1.37. The molecule has 1 aliphatic heterocycles. The number of amides is 2. The zero-order valence-electron chi connectivity index (χ0n) is 18.1. The van der Waals surface area contributed by atoms with Crippen molar-refractivity contribution in [3.05, 3.63) is 65.2 Å². The highest BCUT2D eigenvalue weighted by Gasteiger charge is 2.27. The molecule has 0 saturated carbocycles. The summed E-state index contributed by atoms with van der Waals surface area (Å²) in [5.74, 6) is 0.0336. The van der Waals surface area contributed by atoms with Gasteiger partial charge in [0.25, 0.3) is 0 Å². The molecule has 2 N–H and O–H groups in total. The van der Waals surface area contributed by atoms with Crippen LogP contribution in [-0.4, -0.2) is 51.1 Å². The van der Waals surface area contributed by atoms with E-state index in [0.29, 0.717) is 28.9 Å². The Bertz CT molecular complexity index is 1130. The van der Waals surface area contributed by atoms with E-state index < -0.39 is 0 Å². The smallest absolute Gasteiger partial charge is 0.239 e. The van der Waals surface area contributed by atoms with Gasteiger partial charge in [-0.2, -0.15) is 5.10 Å². The van der Waals surface area contributed by atoms with Crippen LogP contribution in [0.2, 0.25) is 5.02 Å². The van der Waals surface area contributed by atoms with Gasteiger partial charge >= 0.3 is 0 Å². The van der Waals surface area contributed by atoms with Gasteiger partial charge in [0.2, 0.25) is 11.8 Å². The number of piperidine rings is 1. The lowest BCUT2D eigenvalue weighted by molar-refractivity contribution is -0.123. The molecule has 1 aromatic carbocycles. The van der Waals surface area contributed by atoms with Gasteiger partial charge in [-0.1, -0.05) is 11.6 Å². The monoisotopic (exact) mass is 470 g/mol. The van der Waals surface area contributed by atoms with Crippen LogP contribution in [0.5, 0.6) is 0 Å². The molecule has 8 nitrogen and oxygen atoms in total. The van der Waals surface area contributed by atoms with Crippen molar-refractivity contribution in [3.8, 4) is 5.69 Å². The number of carbonyl (C=O) groups is 2. The van der Waals surface area contributed by atoms with Gasteiger partial charge in [-0.15, -0.1) is 0 Å². The summed E-state index contributed by atoms with van der Waals surface area (Å²) in [6, 6.07) is 11.0. The Labute approximate surface area is 195 Å². The van der Waals surface area contributed by atoms with E-state index in [1.54, 1.807) is 35.0 Å². The second-order valence-corrected chi connectivity index (χ2v) is 8.47. The van der Waals surface area contributed by atoms with Crippen molar-refractivity contribution in [2.45, 2.75) is 19.8 Å². The Balaban J connectivity index is 1.35. The third-order valence-electron chi connectivity index (χ3n) is 5.39. The van der Waals surface area contributed by atoms with Crippen molar-refractivity contribution in [2.24, 2.45) is 5.92 Å². The Morgan fingerprint density at radius 1 is 1.18 bits per heavy atom. The van der Waals surface area contributed by atoms with Crippen LogP contribution in [0.15, 0.2) is 48.7 Å². The van der Waals surface area contributed by atoms with E-state index in [0.717, 1.165) is 25.1 Å². The lowest BCUT2D eigenvalue weighted by atomic mass is 9.97. The first kappa shape index (κ1) is 22.9. The number of anilines is 2. The normalized spacial score (nSPS) is 16.4. The van der Waals surface area contributed by atoms with Crippen molar-refractivity contribution in [1.29, 1.82) is 0 Å². The highest BCUT2D eigenvalue weighted by Crippen LogP contribution is 2.20. The first-order valence-corrected chi connectivity index (χ1v) is 11.0. The van der Waals surface area contributed by atoms with Gasteiger partial charge in [0, 0.05) is 18.8 Å². The topological polar surface area (TPSA) is 92.2 Å². The highest BCUT2D eigenvalue weighted by atomic mass is 35.5. The number of aromatic nitrogens is 3. The molecule has 1 atom stereocenters. The standard InChI is InChI=1S/C23H24ClFN6O2/c1-15-11-21(31(29-15)19-7-5-18(25)6-8-19)28-22(32)14-30-10-2-3-16(13-30)23(33)27-20-9-4-17(24)12-26-20/h4-9,11-12,16H,2-3,10,13-14H2,1H3,(H,28,32)(H,26,27,33). The van der Waals surface area contributed by atoms with E-state index in [1.165, 1.54) is 18.3 Å². The number of aryl methyl sites for hydroxylation is 1. The lowest BCUT2D eigenvalue weighted by Gasteiger charge is -2.31. The van der Waals surface area contributed by atoms with Crippen LogP contribution in [0.3, 0.4) is 0 Å². The van der Waals surface area contributed by atoms with Crippen molar-refractivity contribution in [1.82, 2.24) is 19.7 Å². The molecule has 3 aromatic rings. The Morgan fingerprint density at radius 3 is 2.70 bits per heavy atom. The first-order valence-electron chi connectivity index (χ1n) is 10.6. The van der Waals surface area contributed by atoms with E-state index >= 15 is 0 Å². The van der Waals surface area contributed by atoms with Gasteiger partial charge < -0.3 is 10.6 Å². The summed E-state index contributed by atoms with van der Waals surface area (Å²) < 4.78 is 14.8. The fourth-order valence-electron chi connectivity index (χ4n) is 3.84. The molecule has 1 saturated heterocycles. The maximum atomic E-state index is 13.3. The van der Waals surface area contributed by atoms with Crippen LogP contribution in [-0.2, 0) is 9.59 Å². The van der Waals surface area contributed by atoms with Crippen molar-refractivity contribution in [3.63, 3.8) is 0 Å². The average Bonchev–Trinajstić information content (AvgIpc) is 3.15. The van der Waals surface area contributed by atoms with Gasteiger partial charge in [0.05, 0.1) is 28.9 Å². The first-order chi connectivity index (χ1) is 15.9. The summed E-state index contributed by atoms with van der Waals surface area (Å²) in [7, 11) is 0. The third kappa shape index (κ3) is 5.94. The lowest BCUT2D eigenvalue weighted by Crippen LogP contribution is -2.44. The summed E-state index contributed by atoms with van der Waals surface area (Å²) in [6.45, 7) is 3.17. The van der Waals surface area contributed by atoms with Crippen LogP contribution in [0.1, 0.15) is 18.5 Å². The summed E-state index contributed by atoms with van der Waals surface area (Å²) in [5, 5.41) is 10.6. The molecular formula is C23H24ClFN6O2. The number of hydrogen-bond donors (Lipinski definition) is 2. The number of pyridine rings is 1. The SMILES string of the molecule is Cc1cc(NC(=O)CN2CCCC(C(=O)Nc3ccc(Cl)cn3)C2)n(-c2ccc(F)cc2)n1. The maximum Gasteiger partial charge on any atom is 0.239 e. The Morgan fingerprint density at radius 2 is 1.97 bits per heavy atom. The predicted octanol–water partition coefficient (Wildman–Crippen LogP) is 3.66. The minimum atomic E-state index is -0.344. The number of hydrogen-bond acceptors (Lipinski definition) is 5. The summed E-state index contributed by atoms with van der Waals surface area (Å²) in [6.07, 6.45) is 3.03. The number of likely N-dealkylation sites (tertiary alicyclic amines) is 1. The minimum absolute atomic E-state index is 0.125.